The van der Waals surface area contributed by atoms with Crippen LogP contribution in [0.5, 0.6) is 0 Å². The monoisotopic (exact) mass is 210 g/mol. The van der Waals surface area contributed by atoms with Crippen molar-refractivity contribution in [1.82, 2.24) is 4.98 Å². The summed E-state index contributed by atoms with van der Waals surface area (Å²) in [6.45, 7) is 1.87. The highest BCUT2D eigenvalue weighted by Crippen LogP contribution is 2.03. The lowest BCUT2D eigenvalue weighted by Gasteiger charge is -2.01. The molecule has 0 unspecified atom stereocenters. The van der Waals surface area contributed by atoms with Gasteiger partial charge in [0.2, 0.25) is 5.56 Å². The van der Waals surface area contributed by atoms with Crippen molar-refractivity contribution in [1.29, 1.82) is 0 Å². The van der Waals surface area contributed by atoms with Crippen molar-refractivity contribution >= 4 is 24.8 Å². The number of nitrogens with two attached hydrogens (primary N) is 1. The van der Waals surface area contributed by atoms with Gasteiger partial charge in [0.25, 0.3) is 0 Å². The third-order valence-electron chi connectivity index (χ3n) is 1.33. The Labute approximate surface area is 83.2 Å². The molecule has 0 bridgehead atoms. The van der Waals surface area contributed by atoms with Crippen LogP contribution in [-0.2, 0) is 0 Å². The maximum Gasteiger partial charge on any atom is 0.247 e. The van der Waals surface area contributed by atoms with E-state index in [1.54, 1.807) is 12.3 Å². The lowest BCUT2D eigenvalue weighted by atomic mass is 10.2. The first-order valence-corrected chi connectivity index (χ1v) is 3.14. The van der Waals surface area contributed by atoms with Crippen molar-refractivity contribution in [3.63, 3.8) is 0 Å². The quantitative estimate of drug-likeness (QED) is 0.734. The molecule has 0 aromatic carbocycles. The zero-order valence-electron chi connectivity index (χ0n) is 6.61. The van der Waals surface area contributed by atoms with Gasteiger partial charge in [-0.15, -0.1) is 24.8 Å². The zero-order valence-corrected chi connectivity index (χ0v) is 8.24. The zero-order chi connectivity index (χ0) is 7.56. The van der Waals surface area contributed by atoms with Crippen molar-refractivity contribution < 1.29 is 0 Å². The van der Waals surface area contributed by atoms with Crippen molar-refractivity contribution in [3.05, 3.63) is 34.2 Å². The predicted molar refractivity (Wildman–Crippen MR) is 54.2 cm³/mol. The topological polar surface area (TPSA) is 58.9 Å². The summed E-state index contributed by atoms with van der Waals surface area (Å²) in [5.41, 5.74) is 6.39. The van der Waals surface area contributed by atoms with E-state index in [0.717, 1.165) is 5.56 Å². The first-order valence-electron chi connectivity index (χ1n) is 3.14. The first kappa shape index (κ1) is 14.0. The molecule has 0 aliphatic carbocycles. The highest BCUT2D eigenvalue weighted by atomic mass is 35.5. The molecule has 1 heterocycles. The third-order valence-corrected chi connectivity index (χ3v) is 1.33. The van der Waals surface area contributed by atoms with Gasteiger partial charge in [-0.3, -0.25) is 4.79 Å². The van der Waals surface area contributed by atoms with Crippen LogP contribution in [-0.4, -0.2) is 4.98 Å². The van der Waals surface area contributed by atoms with Gasteiger partial charge < -0.3 is 10.7 Å². The van der Waals surface area contributed by atoms with Crippen LogP contribution in [0.15, 0.2) is 23.1 Å². The molecule has 1 rings (SSSR count). The van der Waals surface area contributed by atoms with Gasteiger partial charge in [-0.2, -0.15) is 0 Å². The highest BCUT2D eigenvalue weighted by Gasteiger charge is 1.95. The van der Waals surface area contributed by atoms with Crippen molar-refractivity contribution in [2.24, 2.45) is 5.73 Å². The molecule has 0 fully saturated rings. The lowest BCUT2D eigenvalue weighted by Crippen LogP contribution is -2.09. The van der Waals surface area contributed by atoms with Crippen LogP contribution in [0, 0.1) is 0 Å². The number of hydrogen-bond donors (Lipinski definition) is 2. The Balaban J connectivity index is 0. The van der Waals surface area contributed by atoms with Crippen LogP contribution in [0.3, 0.4) is 0 Å². The molecule has 12 heavy (non-hydrogen) atoms. The molecule has 0 aliphatic heterocycles. The molecular weight excluding hydrogens is 199 g/mol. The second kappa shape index (κ2) is 6.06. The van der Waals surface area contributed by atoms with E-state index in [-0.39, 0.29) is 36.4 Å². The average molecular weight is 211 g/mol. The Kier molecular flexibility index (Phi) is 7.09. The molecule has 3 nitrogen and oxygen atoms in total. The number of halogens is 2. The molecule has 0 saturated heterocycles. The van der Waals surface area contributed by atoms with Gasteiger partial charge in [0.05, 0.1) is 0 Å². The van der Waals surface area contributed by atoms with E-state index in [1.165, 1.54) is 6.07 Å². The van der Waals surface area contributed by atoms with E-state index in [4.69, 9.17) is 5.73 Å². The van der Waals surface area contributed by atoms with E-state index < -0.39 is 0 Å². The van der Waals surface area contributed by atoms with Crippen LogP contribution < -0.4 is 11.3 Å². The largest absolute Gasteiger partial charge is 0.329 e. The summed E-state index contributed by atoms with van der Waals surface area (Å²) in [5, 5.41) is 0. The molecule has 0 spiro atoms. The van der Waals surface area contributed by atoms with E-state index in [2.05, 4.69) is 4.98 Å². The average Bonchev–Trinajstić information content (AvgIpc) is 1.88. The second-order valence-electron chi connectivity index (χ2n) is 2.27. The van der Waals surface area contributed by atoms with E-state index in [1.807, 2.05) is 6.92 Å². The number of rotatable bonds is 1. The second-order valence-corrected chi connectivity index (χ2v) is 2.27. The van der Waals surface area contributed by atoms with Gasteiger partial charge in [0.1, 0.15) is 0 Å². The van der Waals surface area contributed by atoms with Crippen LogP contribution in [0.2, 0.25) is 0 Å². The summed E-state index contributed by atoms with van der Waals surface area (Å²) >= 11 is 0. The maximum absolute atomic E-state index is 10.5. The van der Waals surface area contributed by atoms with Crippen LogP contribution in [0.4, 0.5) is 0 Å². The van der Waals surface area contributed by atoms with Gasteiger partial charge in [-0.1, -0.05) is 6.07 Å². The molecule has 1 aromatic rings. The van der Waals surface area contributed by atoms with Gasteiger partial charge in [-0.05, 0) is 12.5 Å². The standard InChI is InChI=1S/C7H10N2O.2ClH/c1-5(8)6-2-3-7(10)9-4-6;;/h2-5H,8H2,1H3,(H,9,10);2*1H/t5-;;/m0../s1. The Morgan fingerprint density at radius 3 is 2.33 bits per heavy atom. The first-order chi connectivity index (χ1) is 4.70. The molecule has 3 N–H and O–H groups in total. The van der Waals surface area contributed by atoms with Crippen molar-refractivity contribution in [2.45, 2.75) is 13.0 Å². The molecule has 0 amide bonds. The Morgan fingerprint density at radius 1 is 1.42 bits per heavy atom. The summed E-state index contributed by atoms with van der Waals surface area (Å²) in [6, 6.07) is 3.18. The van der Waals surface area contributed by atoms with Crippen molar-refractivity contribution in [2.75, 3.05) is 0 Å². The van der Waals surface area contributed by atoms with Gasteiger partial charge in [0.15, 0.2) is 0 Å². The van der Waals surface area contributed by atoms with Crippen molar-refractivity contribution in [3.8, 4) is 0 Å². The SMILES string of the molecule is C[C@H](N)c1ccc(=O)[nH]c1.Cl.Cl. The van der Waals surface area contributed by atoms with E-state index in [9.17, 15) is 4.79 Å². The number of aromatic nitrogens is 1. The number of H-pyrrole nitrogens is 1. The molecular formula is C7H12Cl2N2O. The highest BCUT2D eigenvalue weighted by molar-refractivity contribution is 5.85. The summed E-state index contributed by atoms with van der Waals surface area (Å²) in [4.78, 5) is 13.1. The van der Waals surface area contributed by atoms with Crippen LogP contribution in [0.25, 0.3) is 0 Å². The normalized spacial score (nSPS) is 10.8. The molecule has 0 radical (unpaired) electrons. The minimum Gasteiger partial charge on any atom is -0.329 e. The Hall–Kier alpha value is -0.510. The molecule has 1 atom stereocenters. The van der Waals surface area contributed by atoms with Gasteiger partial charge in [0, 0.05) is 18.3 Å². The minimum atomic E-state index is -0.0931. The smallest absolute Gasteiger partial charge is 0.247 e. The van der Waals surface area contributed by atoms with E-state index in [0.29, 0.717) is 0 Å². The van der Waals surface area contributed by atoms with Crippen LogP contribution in [0.1, 0.15) is 18.5 Å². The summed E-state index contributed by atoms with van der Waals surface area (Å²) < 4.78 is 0. The lowest BCUT2D eigenvalue weighted by molar-refractivity contribution is 0.810. The minimum absolute atomic E-state index is 0. The summed E-state index contributed by atoms with van der Waals surface area (Å²) in [6.07, 6.45) is 1.63. The molecule has 5 heteroatoms. The Bertz CT molecular complexity index is 252. The summed E-state index contributed by atoms with van der Waals surface area (Å²) in [7, 11) is 0. The fourth-order valence-electron chi connectivity index (χ4n) is 0.706. The van der Waals surface area contributed by atoms with Crippen LogP contribution >= 0.6 is 24.8 Å². The number of hydrogen-bond acceptors (Lipinski definition) is 2. The fraction of sp³-hybridized carbons (Fsp3) is 0.286. The third kappa shape index (κ3) is 3.76. The molecule has 0 saturated carbocycles. The fourth-order valence-corrected chi connectivity index (χ4v) is 0.706. The summed E-state index contributed by atoms with van der Waals surface area (Å²) in [5.74, 6) is 0. The molecule has 70 valence electrons. The maximum atomic E-state index is 10.5. The van der Waals surface area contributed by atoms with Gasteiger partial charge in [-0.25, -0.2) is 0 Å². The Morgan fingerprint density at radius 2 is 2.00 bits per heavy atom. The van der Waals surface area contributed by atoms with Gasteiger partial charge >= 0.3 is 0 Å². The molecule has 0 aliphatic rings. The molecule has 1 aromatic heterocycles. The number of aromatic amines is 1. The predicted octanol–water partition coefficient (Wildman–Crippen LogP) is 1.24. The number of pyridine rings is 1. The number of nitrogens with one attached hydrogen (secondary N) is 1. The van der Waals surface area contributed by atoms with E-state index >= 15 is 0 Å².